The van der Waals surface area contributed by atoms with Gasteiger partial charge in [0.05, 0.1) is 29.7 Å². The first-order valence-corrected chi connectivity index (χ1v) is 9.90. The van der Waals surface area contributed by atoms with Crippen molar-refractivity contribution in [1.29, 1.82) is 0 Å². The first kappa shape index (κ1) is 19.8. The molecule has 30 heavy (non-hydrogen) atoms. The molecule has 0 unspecified atom stereocenters. The van der Waals surface area contributed by atoms with Crippen LogP contribution in [0.3, 0.4) is 0 Å². The number of aliphatic hydroxyl groups excluding tert-OH is 1. The van der Waals surface area contributed by atoms with Crippen LogP contribution in [-0.4, -0.2) is 38.4 Å². The molecule has 1 amide bonds. The van der Waals surface area contributed by atoms with Crippen molar-refractivity contribution in [2.24, 2.45) is 0 Å². The molecular weight excluding hydrogens is 376 g/mol. The highest BCUT2D eigenvalue weighted by molar-refractivity contribution is 6.03. The van der Waals surface area contributed by atoms with E-state index in [1.165, 1.54) is 0 Å². The van der Waals surface area contributed by atoms with Gasteiger partial charge in [0, 0.05) is 28.8 Å². The third-order valence-electron chi connectivity index (χ3n) is 5.13. The van der Waals surface area contributed by atoms with Gasteiger partial charge in [0.15, 0.2) is 0 Å². The zero-order valence-electron chi connectivity index (χ0n) is 17.3. The predicted octanol–water partition coefficient (Wildman–Crippen LogP) is 3.81. The molecule has 2 N–H and O–H groups in total. The normalized spacial score (nSPS) is 12.1. The van der Waals surface area contributed by atoms with Gasteiger partial charge in [0.25, 0.3) is 5.91 Å². The Bertz CT molecular complexity index is 1210. The zero-order valence-corrected chi connectivity index (χ0v) is 17.3. The van der Waals surface area contributed by atoms with Gasteiger partial charge < -0.3 is 10.4 Å². The topological polar surface area (TPSA) is 80.0 Å². The van der Waals surface area contributed by atoms with Crippen LogP contribution in [0.1, 0.15) is 28.4 Å². The summed E-state index contributed by atoms with van der Waals surface area (Å²) in [5, 5.41) is 17.7. The molecule has 152 valence electrons. The van der Waals surface area contributed by atoms with Gasteiger partial charge in [-0.05, 0) is 56.2 Å². The second-order valence-electron chi connectivity index (χ2n) is 7.58. The number of aliphatic hydroxyl groups is 1. The van der Waals surface area contributed by atoms with Gasteiger partial charge >= 0.3 is 0 Å². The molecule has 0 saturated carbocycles. The van der Waals surface area contributed by atoms with Gasteiger partial charge in [-0.3, -0.25) is 9.78 Å². The molecule has 2 aromatic heterocycles. The number of benzene rings is 2. The second kappa shape index (κ2) is 8.08. The highest BCUT2D eigenvalue weighted by Crippen LogP contribution is 2.31. The molecule has 0 fully saturated rings. The van der Waals surface area contributed by atoms with E-state index in [0.29, 0.717) is 5.56 Å². The molecule has 4 rings (SSSR count). The number of para-hydroxylation sites is 1. The maximum Gasteiger partial charge on any atom is 0.251 e. The number of nitrogens with one attached hydrogen (secondary N) is 1. The Labute approximate surface area is 175 Å². The van der Waals surface area contributed by atoms with Crippen LogP contribution in [0.4, 0.5) is 0 Å². The minimum absolute atomic E-state index is 0.124. The van der Waals surface area contributed by atoms with E-state index in [1.54, 1.807) is 6.92 Å². The van der Waals surface area contributed by atoms with Crippen LogP contribution in [0.15, 0.2) is 60.9 Å². The minimum atomic E-state index is -0.338. The van der Waals surface area contributed by atoms with E-state index in [4.69, 9.17) is 0 Å². The fourth-order valence-corrected chi connectivity index (χ4v) is 3.44. The first-order valence-electron chi connectivity index (χ1n) is 9.90. The fraction of sp³-hybridized carbons (Fsp3) is 0.208. The Kier molecular flexibility index (Phi) is 5.33. The third kappa shape index (κ3) is 3.69. The lowest BCUT2D eigenvalue weighted by Crippen LogP contribution is -2.35. The highest BCUT2D eigenvalue weighted by atomic mass is 16.3. The molecule has 0 spiro atoms. The predicted molar refractivity (Wildman–Crippen MR) is 118 cm³/mol. The maximum absolute atomic E-state index is 12.9. The van der Waals surface area contributed by atoms with Crippen molar-refractivity contribution in [2.75, 3.05) is 6.61 Å². The van der Waals surface area contributed by atoms with Crippen LogP contribution in [0.25, 0.3) is 27.8 Å². The highest BCUT2D eigenvalue weighted by Gasteiger charge is 2.18. The monoisotopic (exact) mass is 400 g/mol. The molecule has 0 aliphatic carbocycles. The summed E-state index contributed by atoms with van der Waals surface area (Å²) in [7, 11) is 0. The zero-order chi connectivity index (χ0) is 21.3. The molecular formula is C24H24N4O2. The summed E-state index contributed by atoms with van der Waals surface area (Å²) in [6, 6.07) is 15.3. The quantitative estimate of drug-likeness (QED) is 0.534. The van der Waals surface area contributed by atoms with Crippen molar-refractivity contribution >= 4 is 16.8 Å². The average Bonchev–Trinajstić information content (AvgIpc) is 3.17. The number of nitrogens with zero attached hydrogens (tertiary/aromatic N) is 3. The minimum Gasteiger partial charge on any atom is -0.394 e. The maximum atomic E-state index is 12.9. The molecule has 1 atom stereocenters. The summed E-state index contributed by atoms with van der Waals surface area (Å²) in [6.07, 6.45) is 3.63. The molecule has 6 nitrogen and oxygen atoms in total. The molecule has 0 aliphatic heterocycles. The molecule has 6 heteroatoms. The number of pyridine rings is 1. The Hall–Kier alpha value is -3.51. The summed E-state index contributed by atoms with van der Waals surface area (Å²) in [4.78, 5) is 17.4. The smallest absolute Gasteiger partial charge is 0.251 e. The molecule has 0 radical (unpaired) electrons. The lowest BCUT2D eigenvalue weighted by Gasteiger charge is -2.13. The van der Waals surface area contributed by atoms with Crippen molar-refractivity contribution in [1.82, 2.24) is 20.1 Å². The van der Waals surface area contributed by atoms with Crippen molar-refractivity contribution in [3.63, 3.8) is 0 Å². The van der Waals surface area contributed by atoms with Gasteiger partial charge in [0.1, 0.15) is 0 Å². The Morgan fingerprint density at radius 3 is 2.63 bits per heavy atom. The SMILES string of the molecule is Cc1ccc(-c2cc(C(=O)N[C@@H](C)CO)cc3c2cnn3-c2ccccc2C)nc1. The van der Waals surface area contributed by atoms with Crippen LogP contribution in [0, 0.1) is 13.8 Å². The van der Waals surface area contributed by atoms with Gasteiger partial charge in [0.2, 0.25) is 0 Å². The average molecular weight is 400 g/mol. The number of carbonyl (C=O) groups excluding carboxylic acids is 1. The number of hydrogen-bond acceptors (Lipinski definition) is 4. The Morgan fingerprint density at radius 2 is 1.93 bits per heavy atom. The van der Waals surface area contributed by atoms with E-state index in [-0.39, 0.29) is 18.6 Å². The summed E-state index contributed by atoms with van der Waals surface area (Å²) >= 11 is 0. The number of aromatic nitrogens is 3. The van der Waals surface area contributed by atoms with E-state index in [1.807, 2.05) is 79.5 Å². The number of carbonyl (C=O) groups is 1. The second-order valence-corrected chi connectivity index (χ2v) is 7.58. The molecule has 0 aliphatic rings. The molecule has 0 saturated heterocycles. The van der Waals surface area contributed by atoms with Crippen LogP contribution < -0.4 is 5.32 Å². The van der Waals surface area contributed by atoms with Crippen LogP contribution in [0.2, 0.25) is 0 Å². The molecule has 2 aromatic carbocycles. The number of aryl methyl sites for hydroxylation is 2. The molecule has 0 bridgehead atoms. The van der Waals surface area contributed by atoms with E-state index >= 15 is 0 Å². The standard InChI is InChI=1S/C24H24N4O2/c1-15-8-9-21(25-12-15)19-10-18(24(30)27-17(3)14-29)11-23-20(19)13-26-28(23)22-7-5-4-6-16(22)2/h4-13,17,29H,14H2,1-3H3,(H,27,30)/t17-/m0/s1. The third-order valence-corrected chi connectivity index (χ3v) is 5.13. The van der Waals surface area contributed by atoms with Gasteiger partial charge in [-0.25, -0.2) is 4.68 Å². The number of hydrogen-bond donors (Lipinski definition) is 2. The largest absolute Gasteiger partial charge is 0.394 e. The lowest BCUT2D eigenvalue weighted by molar-refractivity contribution is 0.0922. The van der Waals surface area contributed by atoms with Crippen molar-refractivity contribution in [3.05, 3.63) is 77.6 Å². The van der Waals surface area contributed by atoms with Crippen LogP contribution >= 0.6 is 0 Å². The summed E-state index contributed by atoms with van der Waals surface area (Å²) in [6.45, 7) is 5.66. The van der Waals surface area contributed by atoms with Crippen molar-refractivity contribution < 1.29 is 9.90 Å². The van der Waals surface area contributed by atoms with Gasteiger partial charge in [-0.15, -0.1) is 0 Å². The Morgan fingerprint density at radius 1 is 1.13 bits per heavy atom. The number of rotatable bonds is 5. The van der Waals surface area contributed by atoms with Gasteiger partial charge in [-0.1, -0.05) is 24.3 Å². The molecule has 2 heterocycles. The van der Waals surface area contributed by atoms with Crippen LogP contribution in [-0.2, 0) is 0 Å². The summed E-state index contributed by atoms with van der Waals surface area (Å²) < 4.78 is 1.86. The van der Waals surface area contributed by atoms with Gasteiger partial charge in [-0.2, -0.15) is 5.10 Å². The van der Waals surface area contributed by atoms with E-state index in [2.05, 4.69) is 15.4 Å². The van der Waals surface area contributed by atoms with E-state index in [0.717, 1.165) is 39.0 Å². The first-order chi connectivity index (χ1) is 14.5. The lowest BCUT2D eigenvalue weighted by atomic mass is 10.0. The Balaban J connectivity index is 1.94. The van der Waals surface area contributed by atoms with Crippen molar-refractivity contribution in [2.45, 2.75) is 26.8 Å². The van der Waals surface area contributed by atoms with E-state index in [9.17, 15) is 9.90 Å². The number of fused-ring (bicyclic) bond motifs is 1. The van der Waals surface area contributed by atoms with Crippen LogP contribution in [0.5, 0.6) is 0 Å². The number of amides is 1. The fourth-order valence-electron chi connectivity index (χ4n) is 3.44. The summed E-state index contributed by atoms with van der Waals surface area (Å²) in [5.41, 5.74) is 6.05. The van der Waals surface area contributed by atoms with E-state index < -0.39 is 0 Å². The van der Waals surface area contributed by atoms with Crippen molar-refractivity contribution in [3.8, 4) is 16.9 Å². The summed E-state index contributed by atoms with van der Waals surface area (Å²) in [5.74, 6) is -0.246. The molecule has 4 aromatic rings.